The second kappa shape index (κ2) is 7.63. The highest BCUT2D eigenvalue weighted by atomic mass is 16.5. The van der Waals surface area contributed by atoms with Gasteiger partial charge in [0.05, 0.1) is 6.61 Å². The molecule has 106 valence electrons. The summed E-state index contributed by atoms with van der Waals surface area (Å²) in [5.41, 5.74) is 2.63. The fraction of sp³-hybridized carbons (Fsp3) is 0.625. The monoisotopic (exact) mass is 263 g/mol. The van der Waals surface area contributed by atoms with Crippen LogP contribution in [0.3, 0.4) is 0 Å². The normalized spacial score (nSPS) is 18.4. The first-order chi connectivity index (χ1) is 9.33. The maximum Gasteiger partial charge on any atom is 0.105 e. The van der Waals surface area contributed by atoms with Gasteiger partial charge in [0.2, 0.25) is 0 Å². The van der Waals surface area contributed by atoms with Crippen LogP contribution in [0.2, 0.25) is 0 Å². The first kappa shape index (κ1) is 14.5. The van der Waals surface area contributed by atoms with Crippen molar-refractivity contribution in [3.8, 4) is 0 Å². The summed E-state index contributed by atoms with van der Waals surface area (Å²) in [5, 5.41) is 3.42. The first-order valence-corrected chi connectivity index (χ1v) is 7.14. The second-order valence-corrected chi connectivity index (χ2v) is 5.32. The first-order valence-electron chi connectivity index (χ1n) is 7.14. The molecule has 1 N–H and O–H groups in total. The van der Waals surface area contributed by atoms with E-state index < -0.39 is 0 Å². The molecule has 1 heterocycles. The maximum atomic E-state index is 5.43. The molecule has 1 saturated heterocycles. The quantitative estimate of drug-likeness (QED) is 0.855. The predicted molar refractivity (Wildman–Crippen MR) is 77.4 cm³/mol. The average molecular weight is 263 g/mol. The topological polar surface area (TPSA) is 30.5 Å². The van der Waals surface area contributed by atoms with Gasteiger partial charge < -0.3 is 14.8 Å². The van der Waals surface area contributed by atoms with Gasteiger partial charge in [0.15, 0.2) is 0 Å². The Balaban J connectivity index is 1.93. The summed E-state index contributed by atoms with van der Waals surface area (Å²) in [6.45, 7) is 2.94. The van der Waals surface area contributed by atoms with E-state index in [1.807, 2.05) is 0 Å². The molecule has 0 aromatic heterocycles. The SMILES string of the molecule is COCC(OC)c1ccc(CC2CCNCC2)cc1. The third-order valence-electron chi connectivity index (χ3n) is 3.94. The van der Waals surface area contributed by atoms with Gasteiger partial charge >= 0.3 is 0 Å². The molecular formula is C16H25NO2. The largest absolute Gasteiger partial charge is 0.382 e. The van der Waals surface area contributed by atoms with Gasteiger partial charge in [-0.05, 0) is 49.4 Å². The smallest absolute Gasteiger partial charge is 0.105 e. The Morgan fingerprint density at radius 2 is 1.84 bits per heavy atom. The maximum absolute atomic E-state index is 5.43. The summed E-state index contributed by atoms with van der Waals surface area (Å²) in [6, 6.07) is 8.81. The summed E-state index contributed by atoms with van der Waals surface area (Å²) in [7, 11) is 3.43. The Morgan fingerprint density at radius 3 is 2.42 bits per heavy atom. The molecule has 0 aliphatic carbocycles. The third kappa shape index (κ3) is 4.30. The average Bonchev–Trinajstić information content (AvgIpc) is 2.47. The van der Waals surface area contributed by atoms with Gasteiger partial charge in [-0.3, -0.25) is 0 Å². The number of nitrogens with one attached hydrogen (secondary N) is 1. The van der Waals surface area contributed by atoms with Gasteiger partial charge in [-0.15, -0.1) is 0 Å². The number of hydrogen-bond acceptors (Lipinski definition) is 3. The number of piperidine rings is 1. The van der Waals surface area contributed by atoms with Crippen molar-refractivity contribution in [1.29, 1.82) is 0 Å². The number of ether oxygens (including phenoxy) is 2. The van der Waals surface area contributed by atoms with Crippen LogP contribution in [0.25, 0.3) is 0 Å². The summed E-state index contributed by atoms with van der Waals surface area (Å²) in [4.78, 5) is 0. The van der Waals surface area contributed by atoms with E-state index in [-0.39, 0.29) is 6.10 Å². The molecular weight excluding hydrogens is 238 g/mol. The molecule has 1 fully saturated rings. The van der Waals surface area contributed by atoms with Crippen molar-refractivity contribution < 1.29 is 9.47 Å². The predicted octanol–water partition coefficient (Wildman–Crippen LogP) is 2.56. The van der Waals surface area contributed by atoms with Crippen molar-refractivity contribution in [3.05, 3.63) is 35.4 Å². The molecule has 1 atom stereocenters. The fourth-order valence-electron chi connectivity index (χ4n) is 2.74. The molecule has 1 aromatic carbocycles. The molecule has 0 spiro atoms. The number of hydrogen-bond donors (Lipinski definition) is 1. The van der Waals surface area contributed by atoms with E-state index in [0.717, 1.165) is 5.92 Å². The van der Waals surface area contributed by atoms with Crippen LogP contribution in [0.15, 0.2) is 24.3 Å². The molecule has 0 amide bonds. The Morgan fingerprint density at radius 1 is 1.16 bits per heavy atom. The lowest BCUT2D eigenvalue weighted by Crippen LogP contribution is -2.28. The number of benzene rings is 1. The molecule has 2 rings (SSSR count). The molecule has 1 unspecified atom stereocenters. The lowest BCUT2D eigenvalue weighted by Gasteiger charge is -2.22. The van der Waals surface area contributed by atoms with Crippen molar-refractivity contribution in [2.45, 2.75) is 25.4 Å². The highest BCUT2D eigenvalue weighted by Gasteiger charge is 2.14. The molecule has 0 radical (unpaired) electrons. The molecule has 19 heavy (non-hydrogen) atoms. The van der Waals surface area contributed by atoms with Gasteiger partial charge in [0.1, 0.15) is 6.10 Å². The Kier molecular flexibility index (Phi) is 5.83. The van der Waals surface area contributed by atoms with E-state index in [0.29, 0.717) is 6.61 Å². The second-order valence-electron chi connectivity index (χ2n) is 5.32. The van der Waals surface area contributed by atoms with Crippen LogP contribution in [-0.2, 0) is 15.9 Å². The zero-order valence-electron chi connectivity index (χ0n) is 12.0. The Bertz CT molecular complexity index is 358. The van der Waals surface area contributed by atoms with Crippen LogP contribution >= 0.6 is 0 Å². The van der Waals surface area contributed by atoms with E-state index in [4.69, 9.17) is 9.47 Å². The van der Waals surface area contributed by atoms with Crippen LogP contribution in [0.1, 0.15) is 30.1 Å². The molecule has 1 aromatic rings. The summed E-state index contributed by atoms with van der Waals surface area (Å²) >= 11 is 0. The lowest BCUT2D eigenvalue weighted by atomic mass is 9.90. The van der Waals surface area contributed by atoms with Crippen molar-refractivity contribution >= 4 is 0 Å². The minimum absolute atomic E-state index is 0.0398. The van der Waals surface area contributed by atoms with Crippen LogP contribution in [0, 0.1) is 5.92 Å². The minimum atomic E-state index is 0.0398. The van der Waals surface area contributed by atoms with Crippen molar-refractivity contribution in [2.24, 2.45) is 5.92 Å². The van der Waals surface area contributed by atoms with Crippen LogP contribution < -0.4 is 5.32 Å². The van der Waals surface area contributed by atoms with Crippen LogP contribution in [-0.4, -0.2) is 33.9 Å². The van der Waals surface area contributed by atoms with Crippen LogP contribution in [0.4, 0.5) is 0 Å². The summed E-state index contributed by atoms with van der Waals surface area (Å²) in [6.07, 6.45) is 3.83. The van der Waals surface area contributed by atoms with E-state index in [1.165, 1.54) is 43.5 Å². The van der Waals surface area contributed by atoms with Crippen LogP contribution in [0.5, 0.6) is 0 Å². The summed E-state index contributed by atoms with van der Waals surface area (Å²) in [5.74, 6) is 0.837. The number of rotatable bonds is 6. The summed E-state index contributed by atoms with van der Waals surface area (Å²) < 4.78 is 10.6. The van der Waals surface area contributed by atoms with Crippen molar-refractivity contribution in [2.75, 3.05) is 33.9 Å². The molecule has 3 nitrogen and oxygen atoms in total. The Labute approximate surface area is 116 Å². The van der Waals surface area contributed by atoms with Crippen molar-refractivity contribution in [3.63, 3.8) is 0 Å². The Hall–Kier alpha value is -0.900. The van der Waals surface area contributed by atoms with Gasteiger partial charge in [0.25, 0.3) is 0 Å². The minimum Gasteiger partial charge on any atom is -0.382 e. The number of methoxy groups -OCH3 is 2. The fourth-order valence-corrected chi connectivity index (χ4v) is 2.74. The highest BCUT2D eigenvalue weighted by Crippen LogP contribution is 2.21. The van der Waals surface area contributed by atoms with Gasteiger partial charge in [-0.2, -0.15) is 0 Å². The lowest BCUT2D eigenvalue weighted by molar-refractivity contribution is 0.0275. The van der Waals surface area contributed by atoms with Gasteiger partial charge in [-0.1, -0.05) is 24.3 Å². The molecule has 0 bridgehead atoms. The standard InChI is InChI=1S/C16H25NO2/c1-18-12-16(19-2)15-5-3-13(4-6-15)11-14-7-9-17-10-8-14/h3-6,14,16-17H,7-12H2,1-2H3. The zero-order valence-corrected chi connectivity index (χ0v) is 12.0. The van der Waals surface area contributed by atoms with Gasteiger partial charge in [0, 0.05) is 14.2 Å². The van der Waals surface area contributed by atoms with E-state index in [1.54, 1.807) is 14.2 Å². The molecule has 1 aliphatic heterocycles. The molecule has 0 saturated carbocycles. The molecule has 1 aliphatic rings. The van der Waals surface area contributed by atoms with E-state index >= 15 is 0 Å². The highest BCUT2D eigenvalue weighted by molar-refractivity contribution is 5.25. The van der Waals surface area contributed by atoms with E-state index in [2.05, 4.69) is 29.6 Å². The zero-order chi connectivity index (χ0) is 13.5. The van der Waals surface area contributed by atoms with Crippen molar-refractivity contribution in [1.82, 2.24) is 5.32 Å². The third-order valence-corrected chi connectivity index (χ3v) is 3.94. The molecule has 3 heteroatoms. The van der Waals surface area contributed by atoms with E-state index in [9.17, 15) is 0 Å². The van der Waals surface area contributed by atoms with Gasteiger partial charge in [-0.25, -0.2) is 0 Å².